The highest BCUT2D eigenvalue weighted by Gasteiger charge is 2.10. The number of hydrogen-bond donors (Lipinski definition) is 1. The maximum Gasteiger partial charge on any atom is 0.126 e. The predicted molar refractivity (Wildman–Crippen MR) is 99.7 cm³/mol. The third kappa shape index (κ3) is 4.66. The van der Waals surface area contributed by atoms with Gasteiger partial charge in [-0.3, -0.25) is 0 Å². The minimum atomic E-state index is 0.263. The number of hydrogen-bond acceptors (Lipinski definition) is 3. The summed E-state index contributed by atoms with van der Waals surface area (Å²) in [4.78, 5) is 0. The van der Waals surface area contributed by atoms with Crippen molar-refractivity contribution in [2.24, 2.45) is 0 Å². The van der Waals surface area contributed by atoms with Gasteiger partial charge in [0.1, 0.15) is 17.2 Å². The molecule has 2 aromatic carbocycles. The molecule has 0 fully saturated rings. The normalized spacial score (nSPS) is 10.7. The van der Waals surface area contributed by atoms with Crippen LogP contribution < -0.4 is 9.47 Å². The highest BCUT2D eigenvalue weighted by Crippen LogP contribution is 2.31. The van der Waals surface area contributed by atoms with Crippen LogP contribution in [0.1, 0.15) is 30.5 Å². The molecule has 0 heterocycles. The molecular weight excluding hydrogens is 300 g/mol. The number of rotatable bonds is 6. The van der Waals surface area contributed by atoms with Crippen LogP contribution in [0.2, 0.25) is 0 Å². The molecule has 0 aliphatic rings. The number of aromatic hydroxyl groups is 1. The van der Waals surface area contributed by atoms with Gasteiger partial charge in [-0.1, -0.05) is 35.9 Å². The standard InChI is InChI=1S/C21H24O3/c1-15(2)5-12-20-17(13-19(23-3)14-21(20)24-4)9-6-16-7-10-18(22)11-8-16/h5-11,13-14,22H,12H2,1-4H3. The van der Waals surface area contributed by atoms with Crippen molar-refractivity contribution in [3.8, 4) is 17.2 Å². The summed E-state index contributed by atoms with van der Waals surface area (Å²) in [5.74, 6) is 1.84. The number of methoxy groups -OCH3 is 2. The SMILES string of the molecule is COc1cc(C=Cc2ccc(O)cc2)c(CC=C(C)C)c(OC)c1. The average molecular weight is 324 g/mol. The van der Waals surface area contributed by atoms with Crippen LogP contribution in [0.3, 0.4) is 0 Å². The summed E-state index contributed by atoms with van der Waals surface area (Å²) in [6.07, 6.45) is 7.04. The molecule has 0 bridgehead atoms. The molecule has 0 atom stereocenters. The molecule has 0 saturated heterocycles. The molecule has 2 aromatic rings. The van der Waals surface area contributed by atoms with E-state index in [4.69, 9.17) is 9.47 Å². The number of phenols is 1. The Balaban J connectivity index is 2.44. The molecule has 0 aliphatic heterocycles. The highest BCUT2D eigenvalue weighted by molar-refractivity contribution is 5.73. The van der Waals surface area contributed by atoms with Crippen LogP contribution in [0.4, 0.5) is 0 Å². The number of allylic oxidation sites excluding steroid dienone is 2. The zero-order valence-corrected chi connectivity index (χ0v) is 14.7. The van der Waals surface area contributed by atoms with Crippen molar-refractivity contribution in [3.05, 3.63) is 64.7 Å². The Kier molecular flexibility index (Phi) is 6.07. The third-order valence-electron chi connectivity index (χ3n) is 3.74. The Bertz CT molecular complexity index is 736. The monoisotopic (exact) mass is 324 g/mol. The van der Waals surface area contributed by atoms with E-state index in [2.05, 4.69) is 19.9 Å². The summed E-state index contributed by atoms with van der Waals surface area (Å²) in [5, 5.41) is 9.38. The molecule has 3 heteroatoms. The van der Waals surface area contributed by atoms with E-state index in [0.29, 0.717) is 0 Å². The van der Waals surface area contributed by atoms with Crippen LogP contribution in [-0.4, -0.2) is 19.3 Å². The maximum absolute atomic E-state index is 9.38. The van der Waals surface area contributed by atoms with Crippen molar-refractivity contribution in [1.82, 2.24) is 0 Å². The predicted octanol–water partition coefficient (Wildman–Crippen LogP) is 5.09. The number of benzene rings is 2. The number of ether oxygens (including phenoxy) is 2. The summed E-state index contributed by atoms with van der Waals surface area (Å²) in [6, 6.07) is 11.0. The van der Waals surface area contributed by atoms with Gasteiger partial charge in [0.2, 0.25) is 0 Å². The van der Waals surface area contributed by atoms with E-state index in [1.165, 1.54) is 5.57 Å². The van der Waals surface area contributed by atoms with Crippen LogP contribution in [0.25, 0.3) is 12.2 Å². The summed E-state index contributed by atoms with van der Waals surface area (Å²) in [5.41, 5.74) is 4.45. The Labute approximate surface area is 143 Å². The lowest BCUT2D eigenvalue weighted by Crippen LogP contribution is -1.97. The van der Waals surface area contributed by atoms with Crippen LogP contribution in [0.15, 0.2) is 48.0 Å². The molecule has 0 radical (unpaired) electrons. The third-order valence-corrected chi connectivity index (χ3v) is 3.74. The van der Waals surface area contributed by atoms with Gasteiger partial charge in [0.05, 0.1) is 14.2 Å². The van der Waals surface area contributed by atoms with Gasteiger partial charge in [0.15, 0.2) is 0 Å². The van der Waals surface area contributed by atoms with E-state index in [1.54, 1.807) is 26.4 Å². The van der Waals surface area contributed by atoms with Gasteiger partial charge in [-0.25, -0.2) is 0 Å². The lowest BCUT2D eigenvalue weighted by Gasteiger charge is -2.13. The Morgan fingerprint density at radius 1 is 1.00 bits per heavy atom. The van der Waals surface area contributed by atoms with Gasteiger partial charge in [0.25, 0.3) is 0 Å². The van der Waals surface area contributed by atoms with Crippen molar-refractivity contribution in [2.45, 2.75) is 20.3 Å². The molecule has 0 spiro atoms. The largest absolute Gasteiger partial charge is 0.508 e. The summed E-state index contributed by atoms with van der Waals surface area (Å²) >= 11 is 0. The smallest absolute Gasteiger partial charge is 0.126 e. The second-order valence-corrected chi connectivity index (χ2v) is 5.81. The molecule has 2 rings (SSSR count). The number of phenolic OH excluding ortho intramolecular Hbond substituents is 1. The van der Waals surface area contributed by atoms with Crippen LogP contribution in [0.5, 0.6) is 17.2 Å². The minimum absolute atomic E-state index is 0.263. The van der Waals surface area contributed by atoms with Crippen molar-refractivity contribution >= 4 is 12.2 Å². The molecule has 3 nitrogen and oxygen atoms in total. The zero-order valence-electron chi connectivity index (χ0n) is 14.7. The van der Waals surface area contributed by atoms with E-state index in [1.807, 2.05) is 36.4 Å². The van der Waals surface area contributed by atoms with Gasteiger partial charge in [-0.2, -0.15) is 0 Å². The summed E-state index contributed by atoms with van der Waals surface area (Å²) in [6.45, 7) is 4.17. The van der Waals surface area contributed by atoms with E-state index in [0.717, 1.165) is 34.6 Å². The van der Waals surface area contributed by atoms with E-state index in [9.17, 15) is 5.11 Å². The van der Waals surface area contributed by atoms with Crippen molar-refractivity contribution in [3.63, 3.8) is 0 Å². The molecule has 1 N–H and O–H groups in total. The summed E-state index contributed by atoms with van der Waals surface area (Å²) in [7, 11) is 3.33. The second kappa shape index (κ2) is 8.25. The first-order chi connectivity index (χ1) is 11.5. The van der Waals surface area contributed by atoms with Crippen LogP contribution in [0, 0.1) is 0 Å². The molecule has 0 aliphatic carbocycles. The average Bonchev–Trinajstić information content (AvgIpc) is 2.59. The lowest BCUT2D eigenvalue weighted by molar-refractivity contribution is 0.391. The molecule has 0 aromatic heterocycles. The quantitative estimate of drug-likeness (QED) is 0.594. The lowest BCUT2D eigenvalue weighted by atomic mass is 10.00. The van der Waals surface area contributed by atoms with Gasteiger partial charge < -0.3 is 14.6 Å². The summed E-state index contributed by atoms with van der Waals surface area (Å²) < 4.78 is 10.9. The van der Waals surface area contributed by atoms with Crippen LogP contribution in [-0.2, 0) is 6.42 Å². The van der Waals surface area contributed by atoms with Crippen LogP contribution >= 0.6 is 0 Å². The molecule has 24 heavy (non-hydrogen) atoms. The van der Waals surface area contributed by atoms with E-state index < -0.39 is 0 Å². The molecular formula is C21H24O3. The van der Waals surface area contributed by atoms with Gasteiger partial charge in [-0.15, -0.1) is 0 Å². The zero-order chi connectivity index (χ0) is 17.5. The Morgan fingerprint density at radius 2 is 1.71 bits per heavy atom. The first-order valence-corrected chi connectivity index (χ1v) is 7.89. The fourth-order valence-electron chi connectivity index (χ4n) is 2.39. The van der Waals surface area contributed by atoms with Gasteiger partial charge >= 0.3 is 0 Å². The molecule has 0 saturated carbocycles. The Morgan fingerprint density at radius 3 is 2.29 bits per heavy atom. The Hall–Kier alpha value is -2.68. The van der Waals surface area contributed by atoms with Crippen molar-refractivity contribution in [2.75, 3.05) is 14.2 Å². The van der Waals surface area contributed by atoms with E-state index >= 15 is 0 Å². The van der Waals surface area contributed by atoms with Gasteiger partial charge in [-0.05, 0) is 49.6 Å². The highest BCUT2D eigenvalue weighted by atomic mass is 16.5. The second-order valence-electron chi connectivity index (χ2n) is 5.81. The topological polar surface area (TPSA) is 38.7 Å². The molecule has 0 amide bonds. The van der Waals surface area contributed by atoms with Gasteiger partial charge in [0, 0.05) is 11.6 Å². The fraction of sp³-hybridized carbons (Fsp3) is 0.238. The van der Waals surface area contributed by atoms with E-state index in [-0.39, 0.29) is 5.75 Å². The van der Waals surface area contributed by atoms with Crippen molar-refractivity contribution in [1.29, 1.82) is 0 Å². The maximum atomic E-state index is 9.38. The van der Waals surface area contributed by atoms with Crippen molar-refractivity contribution < 1.29 is 14.6 Å². The molecule has 0 unspecified atom stereocenters. The first kappa shape index (κ1) is 17.7. The fourth-order valence-corrected chi connectivity index (χ4v) is 2.39. The first-order valence-electron chi connectivity index (χ1n) is 7.89. The minimum Gasteiger partial charge on any atom is -0.508 e. The molecule has 126 valence electrons.